The number of benzene rings is 3. The summed E-state index contributed by atoms with van der Waals surface area (Å²) in [5.41, 5.74) is 10.3. The number of nitrogen functional groups attached to an aromatic ring is 1. The lowest BCUT2D eigenvalue weighted by Crippen LogP contribution is -2.41. The Morgan fingerprint density at radius 2 is 1.74 bits per heavy atom. The largest absolute Gasteiger partial charge is 0.480 e. The molecule has 6 rings (SSSR count). The van der Waals surface area contributed by atoms with E-state index in [1.54, 1.807) is 12.1 Å². The van der Waals surface area contributed by atoms with Gasteiger partial charge >= 0.3 is 0 Å². The highest BCUT2D eigenvalue weighted by atomic mass is 32.2. The van der Waals surface area contributed by atoms with Crippen LogP contribution in [-0.2, 0) is 10.0 Å². The predicted octanol–water partition coefficient (Wildman–Crippen LogP) is 6.65. The molecule has 2 aromatic heterocycles. The Labute approximate surface area is 265 Å². The lowest BCUT2D eigenvalue weighted by atomic mass is 9.99. The van der Waals surface area contributed by atoms with Crippen LogP contribution in [0.3, 0.4) is 0 Å². The zero-order valence-corrected chi connectivity index (χ0v) is 25.9. The summed E-state index contributed by atoms with van der Waals surface area (Å²) in [6, 6.07) is 18.6. The molecule has 1 atom stereocenters. The number of rotatable bonds is 7. The number of carbonyl (C=O) groups is 1. The minimum absolute atomic E-state index is 0.0190. The van der Waals surface area contributed by atoms with Gasteiger partial charge in [-0.2, -0.15) is 0 Å². The SMILES string of the molecule is COc1ncc(-c2ccc3nc(N)c(-c4ccc(C(=O)N5CCCCC5C)cc4)cc3c2)cc1NS(=O)(=O)c1ccc(F)cc1F. The zero-order valence-electron chi connectivity index (χ0n) is 25.1. The second-order valence-corrected chi connectivity index (χ2v) is 12.9. The van der Waals surface area contributed by atoms with Crippen molar-refractivity contribution in [1.29, 1.82) is 0 Å². The summed E-state index contributed by atoms with van der Waals surface area (Å²) in [5.74, 6) is -1.82. The molecule has 1 aliphatic rings. The number of carbonyl (C=O) groups excluding carboxylic acids is 1. The Balaban J connectivity index is 1.31. The Hall–Kier alpha value is -5.10. The van der Waals surface area contributed by atoms with Gasteiger partial charge in [0.15, 0.2) is 0 Å². The molecule has 1 amide bonds. The number of aromatic nitrogens is 2. The molecule has 12 heteroatoms. The van der Waals surface area contributed by atoms with Crippen molar-refractivity contribution in [2.45, 2.75) is 37.1 Å². The molecule has 5 aromatic rings. The molecular weight excluding hydrogens is 612 g/mol. The molecule has 1 aliphatic heterocycles. The standard InChI is InChI=1S/C34H31F2N5O4S/c1-20-5-3-4-14-41(20)34(42)22-8-6-21(7-9-22)27-16-24-15-23(10-12-29(24)39-32(27)37)25-17-30(33(45-2)38-19-25)40-46(43,44)31-13-11-26(35)18-28(31)36/h6-13,15-20,40H,3-5,14H2,1-2H3,(H2,37,39). The molecule has 0 radical (unpaired) electrons. The number of ether oxygens (including phenoxy) is 1. The lowest BCUT2D eigenvalue weighted by Gasteiger charge is -2.33. The molecule has 1 fully saturated rings. The Bertz CT molecular complexity index is 2070. The number of likely N-dealkylation sites (tertiary alicyclic amines) is 1. The molecule has 1 unspecified atom stereocenters. The van der Waals surface area contributed by atoms with Crippen LogP contribution in [0, 0.1) is 11.6 Å². The van der Waals surface area contributed by atoms with Crippen molar-refractivity contribution in [1.82, 2.24) is 14.9 Å². The number of nitrogens with zero attached hydrogens (tertiary/aromatic N) is 3. The van der Waals surface area contributed by atoms with Crippen LogP contribution in [0.4, 0.5) is 20.3 Å². The van der Waals surface area contributed by atoms with Crippen molar-refractivity contribution in [3.8, 4) is 28.1 Å². The fourth-order valence-corrected chi connectivity index (χ4v) is 6.81. The van der Waals surface area contributed by atoms with Crippen LogP contribution in [0.2, 0.25) is 0 Å². The van der Waals surface area contributed by atoms with E-state index in [0.717, 1.165) is 48.9 Å². The van der Waals surface area contributed by atoms with Gasteiger partial charge in [0.25, 0.3) is 15.9 Å². The minimum atomic E-state index is -4.45. The zero-order chi connectivity index (χ0) is 32.6. The van der Waals surface area contributed by atoms with E-state index < -0.39 is 26.6 Å². The van der Waals surface area contributed by atoms with Crippen LogP contribution in [0.15, 0.2) is 83.9 Å². The first-order valence-corrected chi connectivity index (χ1v) is 16.2. The summed E-state index contributed by atoms with van der Waals surface area (Å²) in [5, 5.41) is 0.760. The van der Waals surface area contributed by atoms with E-state index in [9.17, 15) is 22.0 Å². The van der Waals surface area contributed by atoms with E-state index in [-0.39, 0.29) is 23.5 Å². The highest BCUT2D eigenvalue weighted by Crippen LogP contribution is 2.34. The monoisotopic (exact) mass is 643 g/mol. The van der Waals surface area contributed by atoms with E-state index in [4.69, 9.17) is 10.5 Å². The van der Waals surface area contributed by atoms with Gasteiger partial charge in [0, 0.05) is 46.9 Å². The molecular formula is C34H31F2N5O4S. The molecule has 46 heavy (non-hydrogen) atoms. The van der Waals surface area contributed by atoms with Gasteiger partial charge in [-0.3, -0.25) is 9.52 Å². The summed E-state index contributed by atoms with van der Waals surface area (Å²) in [6.45, 7) is 2.84. The molecule has 236 valence electrons. The maximum atomic E-state index is 14.3. The average Bonchev–Trinajstić information content (AvgIpc) is 3.04. The van der Waals surface area contributed by atoms with Crippen molar-refractivity contribution in [2.24, 2.45) is 0 Å². The number of piperidine rings is 1. The lowest BCUT2D eigenvalue weighted by molar-refractivity contribution is 0.0635. The number of nitrogens with one attached hydrogen (secondary N) is 1. The van der Waals surface area contributed by atoms with Gasteiger partial charge < -0.3 is 15.4 Å². The number of amides is 1. The summed E-state index contributed by atoms with van der Waals surface area (Å²) >= 11 is 0. The van der Waals surface area contributed by atoms with Crippen LogP contribution in [0.25, 0.3) is 33.2 Å². The number of hydrogen-bond donors (Lipinski definition) is 2. The van der Waals surface area contributed by atoms with Gasteiger partial charge in [0.2, 0.25) is 5.88 Å². The number of halogens is 2. The second kappa shape index (κ2) is 12.4. The van der Waals surface area contributed by atoms with Crippen LogP contribution in [-0.4, -0.2) is 48.9 Å². The first kappa shape index (κ1) is 30.9. The van der Waals surface area contributed by atoms with Crippen LogP contribution >= 0.6 is 0 Å². The average molecular weight is 644 g/mol. The fraction of sp³-hybridized carbons (Fsp3) is 0.206. The number of pyridine rings is 2. The number of anilines is 2. The van der Waals surface area contributed by atoms with Crippen LogP contribution in [0.5, 0.6) is 5.88 Å². The molecule has 3 aromatic carbocycles. The first-order valence-electron chi connectivity index (χ1n) is 14.7. The maximum absolute atomic E-state index is 14.3. The molecule has 0 aliphatic carbocycles. The summed E-state index contributed by atoms with van der Waals surface area (Å²) in [7, 11) is -3.12. The van der Waals surface area contributed by atoms with Gasteiger partial charge in [-0.25, -0.2) is 27.2 Å². The van der Waals surface area contributed by atoms with E-state index in [2.05, 4.69) is 21.6 Å². The van der Waals surface area contributed by atoms with E-state index in [0.29, 0.717) is 39.7 Å². The molecule has 9 nitrogen and oxygen atoms in total. The highest BCUT2D eigenvalue weighted by molar-refractivity contribution is 7.92. The molecule has 1 saturated heterocycles. The minimum Gasteiger partial charge on any atom is -0.480 e. The van der Waals surface area contributed by atoms with Crippen molar-refractivity contribution in [3.05, 3.63) is 96.2 Å². The number of sulfonamides is 1. The third-order valence-corrected chi connectivity index (χ3v) is 9.56. The van der Waals surface area contributed by atoms with E-state index in [1.165, 1.54) is 19.4 Å². The van der Waals surface area contributed by atoms with Gasteiger partial charge in [-0.15, -0.1) is 0 Å². The summed E-state index contributed by atoms with van der Waals surface area (Å²) in [6.07, 6.45) is 4.66. The molecule has 3 N–H and O–H groups in total. The van der Waals surface area contributed by atoms with Gasteiger partial charge in [0.05, 0.1) is 12.6 Å². The number of hydrogen-bond acceptors (Lipinski definition) is 7. The predicted molar refractivity (Wildman–Crippen MR) is 173 cm³/mol. The highest BCUT2D eigenvalue weighted by Gasteiger charge is 2.25. The maximum Gasteiger partial charge on any atom is 0.264 e. The Morgan fingerprint density at radius 3 is 2.46 bits per heavy atom. The third-order valence-electron chi connectivity index (χ3n) is 8.16. The molecule has 3 heterocycles. The second-order valence-electron chi connectivity index (χ2n) is 11.2. The normalized spacial score (nSPS) is 15.1. The summed E-state index contributed by atoms with van der Waals surface area (Å²) in [4.78, 5) is 23.1. The van der Waals surface area contributed by atoms with E-state index in [1.807, 2.05) is 41.3 Å². The first-order chi connectivity index (χ1) is 22.0. The topological polar surface area (TPSA) is 128 Å². The third kappa shape index (κ3) is 6.08. The Kier molecular flexibility index (Phi) is 8.30. The van der Waals surface area contributed by atoms with Crippen molar-refractivity contribution >= 4 is 38.3 Å². The Morgan fingerprint density at radius 1 is 0.978 bits per heavy atom. The number of fused-ring (bicyclic) bond motifs is 1. The van der Waals surface area contributed by atoms with Crippen molar-refractivity contribution in [3.63, 3.8) is 0 Å². The molecule has 0 spiro atoms. The molecule has 0 bridgehead atoms. The van der Waals surface area contributed by atoms with Gasteiger partial charge in [0.1, 0.15) is 28.0 Å². The smallest absolute Gasteiger partial charge is 0.264 e. The van der Waals surface area contributed by atoms with Crippen molar-refractivity contribution < 1.29 is 26.7 Å². The summed E-state index contributed by atoms with van der Waals surface area (Å²) < 4.78 is 61.2. The fourth-order valence-electron chi connectivity index (χ4n) is 5.70. The number of methoxy groups -OCH3 is 1. The van der Waals surface area contributed by atoms with Crippen LogP contribution in [0.1, 0.15) is 36.5 Å². The number of nitrogens with two attached hydrogens (primary N) is 1. The quantitative estimate of drug-likeness (QED) is 0.203. The van der Waals surface area contributed by atoms with Crippen LogP contribution < -0.4 is 15.2 Å². The van der Waals surface area contributed by atoms with Crippen molar-refractivity contribution in [2.75, 3.05) is 24.1 Å². The molecule has 0 saturated carbocycles. The van der Waals surface area contributed by atoms with Gasteiger partial charge in [-0.1, -0.05) is 18.2 Å². The van der Waals surface area contributed by atoms with Gasteiger partial charge in [-0.05, 0) is 85.8 Å². The van der Waals surface area contributed by atoms with E-state index >= 15 is 0 Å².